The molecule has 5 heteroatoms. The number of hydrogen-bond acceptors (Lipinski definition) is 3. The lowest BCUT2D eigenvalue weighted by molar-refractivity contribution is 0.0954. The van der Waals surface area contributed by atoms with Crippen LogP contribution in [0.3, 0.4) is 0 Å². The molecule has 0 saturated carbocycles. The predicted molar refractivity (Wildman–Crippen MR) is 58.9 cm³/mol. The molecule has 2 rings (SSSR count). The van der Waals surface area contributed by atoms with Crippen LogP contribution in [-0.4, -0.2) is 22.6 Å². The standard InChI is InChI=1S/C10H11N3OS/c14-10(8-6-12-13-7-8)11-4-3-9-2-1-5-15-9/h1-2,5-7H,3-4H2,(H,11,14)(H,12,13). The first-order chi connectivity index (χ1) is 7.36. The number of aromatic nitrogens is 2. The Bertz CT molecular complexity index is 408. The SMILES string of the molecule is O=C(NCCc1cccs1)c1cn[nH]c1. The van der Waals surface area contributed by atoms with Crippen molar-refractivity contribution in [1.29, 1.82) is 0 Å². The molecule has 0 spiro atoms. The number of rotatable bonds is 4. The Balaban J connectivity index is 1.77. The smallest absolute Gasteiger partial charge is 0.254 e. The van der Waals surface area contributed by atoms with Gasteiger partial charge >= 0.3 is 0 Å². The highest BCUT2D eigenvalue weighted by Crippen LogP contribution is 2.08. The third-order valence-corrected chi connectivity index (χ3v) is 2.93. The molecule has 0 aliphatic carbocycles. The summed E-state index contributed by atoms with van der Waals surface area (Å²) in [4.78, 5) is 12.7. The van der Waals surface area contributed by atoms with E-state index < -0.39 is 0 Å². The van der Waals surface area contributed by atoms with Crippen molar-refractivity contribution in [3.05, 3.63) is 40.3 Å². The Morgan fingerprint density at radius 1 is 1.60 bits per heavy atom. The van der Waals surface area contributed by atoms with Crippen molar-refractivity contribution in [2.24, 2.45) is 0 Å². The molecule has 78 valence electrons. The molecule has 2 heterocycles. The summed E-state index contributed by atoms with van der Waals surface area (Å²) in [6.45, 7) is 0.657. The molecule has 0 aromatic carbocycles. The fourth-order valence-corrected chi connectivity index (χ4v) is 1.94. The summed E-state index contributed by atoms with van der Waals surface area (Å²) < 4.78 is 0. The second-order valence-electron chi connectivity index (χ2n) is 3.07. The molecule has 4 nitrogen and oxygen atoms in total. The molecular weight excluding hydrogens is 210 g/mol. The van der Waals surface area contributed by atoms with Crippen LogP contribution >= 0.6 is 11.3 Å². The average Bonchev–Trinajstić information content (AvgIpc) is 2.90. The molecule has 0 aliphatic rings. The van der Waals surface area contributed by atoms with E-state index in [4.69, 9.17) is 0 Å². The molecule has 0 unspecified atom stereocenters. The van der Waals surface area contributed by atoms with Gasteiger partial charge in [-0.25, -0.2) is 0 Å². The minimum Gasteiger partial charge on any atom is -0.352 e. The van der Waals surface area contributed by atoms with E-state index in [2.05, 4.69) is 21.6 Å². The second-order valence-corrected chi connectivity index (χ2v) is 4.10. The van der Waals surface area contributed by atoms with Crippen molar-refractivity contribution in [3.63, 3.8) is 0 Å². The molecule has 2 aromatic heterocycles. The van der Waals surface area contributed by atoms with E-state index in [1.807, 2.05) is 11.4 Å². The first kappa shape index (κ1) is 9.92. The predicted octanol–water partition coefficient (Wildman–Crippen LogP) is 1.44. The topological polar surface area (TPSA) is 57.8 Å². The molecule has 0 bridgehead atoms. The highest BCUT2D eigenvalue weighted by Gasteiger charge is 2.04. The van der Waals surface area contributed by atoms with Crippen molar-refractivity contribution in [2.75, 3.05) is 6.54 Å². The number of H-pyrrole nitrogens is 1. The van der Waals surface area contributed by atoms with E-state index in [-0.39, 0.29) is 5.91 Å². The zero-order chi connectivity index (χ0) is 10.5. The highest BCUT2D eigenvalue weighted by atomic mass is 32.1. The summed E-state index contributed by atoms with van der Waals surface area (Å²) in [7, 11) is 0. The first-order valence-corrected chi connectivity index (χ1v) is 5.53. The summed E-state index contributed by atoms with van der Waals surface area (Å²) in [6.07, 6.45) is 3.97. The quantitative estimate of drug-likeness (QED) is 0.820. The van der Waals surface area contributed by atoms with Gasteiger partial charge < -0.3 is 5.32 Å². The number of hydrogen-bond donors (Lipinski definition) is 2. The minimum absolute atomic E-state index is 0.0830. The second kappa shape index (κ2) is 4.75. The Morgan fingerprint density at radius 2 is 2.53 bits per heavy atom. The van der Waals surface area contributed by atoms with Gasteiger partial charge in [0.25, 0.3) is 5.91 Å². The molecular formula is C10H11N3OS. The van der Waals surface area contributed by atoms with Crippen LogP contribution in [-0.2, 0) is 6.42 Å². The number of nitrogens with one attached hydrogen (secondary N) is 2. The minimum atomic E-state index is -0.0830. The molecule has 0 radical (unpaired) electrons. The van der Waals surface area contributed by atoms with Gasteiger partial charge in [-0.15, -0.1) is 11.3 Å². The van der Waals surface area contributed by atoms with Crippen molar-refractivity contribution in [3.8, 4) is 0 Å². The number of carbonyl (C=O) groups excluding carboxylic acids is 1. The van der Waals surface area contributed by atoms with Crippen LogP contribution in [0.1, 0.15) is 15.2 Å². The van der Waals surface area contributed by atoms with Gasteiger partial charge in [0.1, 0.15) is 0 Å². The lowest BCUT2D eigenvalue weighted by atomic mass is 10.3. The monoisotopic (exact) mass is 221 g/mol. The Morgan fingerprint density at radius 3 is 3.20 bits per heavy atom. The largest absolute Gasteiger partial charge is 0.352 e. The molecule has 1 amide bonds. The van der Waals surface area contributed by atoms with Gasteiger partial charge in [-0.05, 0) is 17.9 Å². The Kier molecular flexibility index (Phi) is 3.14. The zero-order valence-corrected chi connectivity index (χ0v) is 8.88. The summed E-state index contributed by atoms with van der Waals surface area (Å²) in [5.74, 6) is -0.0830. The van der Waals surface area contributed by atoms with Crippen molar-refractivity contribution in [2.45, 2.75) is 6.42 Å². The van der Waals surface area contributed by atoms with Crippen molar-refractivity contribution in [1.82, 2.24) is 15.5 Å². The molecule has 2 aromatic rings. The van der Waals surface area contributed by atoms with Gasteiger partial charge in [0.05, 0.1) is 11.8 Å². The van der Waals surface area contributed by atoms with Crippen LogP contribution < -0.4 is 5.32 Å². The summed E-state index contributed by atoms with van der Waals surface area (Å²) in [5.41, 5.74) is 0.571. The van der Waals surface area contributed by atoms with Gasteiger partial charge in [-0.3, -0.25) is 9.89 Å². The lowest BCUT2D eigenvalue weighted by Crippen LogP contribution is -2.25. The number of amides is 1. The average molecular weight is 221 g/mol. The Hall–Kier alpha value is -1.62. The number of aromatic amines is 1. The maximum atomic E-state index is 11.5. The maximum Gasteiger partial charge on any atom is 0.254 e. The highest BCUT2D eigenvalue weighted by molar-refractivity contribution is 7.09. The fourth-order valence-electron chi connectivity index (χ4n) is 1.23. The van der Waals surface area contributed by atoms with Crippen LogP contribution in [0.25, 0.3) is 0 Å². The summed E-state index contributed by atoms with van der Waals surface area (Å²) in [5, 5.41) is 11.2. The van der Waals surface area contributed by atoms with Crippen LogP contribution in [0.5, 0.6) is 0 Å². The molecule has 0 saturated heterocycles. The van der Waals surface area contributed by atoms with Gasteiger partial charge in [-0.2, -0.15) is 5.10 Å². The molecule has 15 heavy (non-hydrogen) atoms. The van der Waals surface area contributed by atoms with Crippen LogP contribution in [0, 0.1) is 0 Å². The van der Waals surface area contributed by atoms with E-state index in [1.165, 1.54) is 11.1 Å². The third kappa shape index (κ3) is 2.66. The van der Waals surface area contributed by atoms with Gasteiger partial charge in [-0.1, -0.05) is 6.07 Å². The van der Waals surface area contributed by atoms with E-state index in [1.54, 1.807) is 17.5 Å². The van der Waals surface area contributed by atoms with Crippen LogP contribution in [0.15, 0.2) is 29.9 Å². The van der Waals surface area contributed by atoms with Gasteiger partial charge in [0, 0.05) is 17.6 Å². The van der Waals surface area contributed by atoms with E-state index in [0.29, 0.717) is 12.1 Å². The summed E-state index contributed by atoms with van der Waals surface area (Å²) >= 11 is 1.70. The number of nitrogens with zero attached hydrogens (tertiary/aromatic N) is 1. The van der Waals surface area contributed by atoms with E-state index in [9.17, 15) is 4.79 Å². The molecule has 2 N–H and O–H groups in total. The number of thiophene rings is 1. The number of carbonyl (C=O) groups is 1. The van der Waals surface area contributed by atoms with Crippen molar-refractivity contribution < 1.29 is 4.79 Å². The molecule has 0 fully saturated rings. The van der Waals surface area contributed by atoms with Gasteiger partial charge in [0.2, 0.25) is 0 Å². The molecule has 0 atom stereocenters. The maximum absolute atomic E-state index is 11.5. The van der Waals surface area contributed by atoms with Crippen LogP contribution in [0.4, 0.5) is 0 Å². The normalized spacial score (nSPS) is 10.1. The van der Waals surface area contributed by atoms with Crippen LogP contribution in [0.2, 0.25) is 0 Å². The third-order valence-electron chi connectivity index (χ3n) is 2.00. The van der Waals surface area contributed by atoms with E-state index >= 15 is 0 Å². The lowest BCUT2D eigenvalue weighted by Gasteiger charge is -2.01. The van der Waals surface area contributed by atoms with Gasteiger partial charge in [0.15, 0.2) is 0 Å². The van der Waals surface area contributed by atoms with Crippen molar-refractivity contribution >= 4 is 17.2 Å². The van der Waals surface area contributed by atoms with E-state index in [0.717, 1.165) is 6.42 Å². The summed E-state index contributed by atoms with van der Waals surface area (Å²) in [6, 6.07) is 4.08. The fraction of sp³-hybridized carbons (Fsp3) is 0.200. The zero-order valence-electron chi connectivity index (χ0n) is 8.06. The first-order valence-electron chi connectivity index (χ1n) is 4.65. The Labute approximate surface area is 91.3 Å². The molecule has 0 aliphatic heterocycles.